The minimum Gasteiger partial charge on any atom is -0.347 e. The molecule has 0 aliphatic carbocycles. The predicted octanol–water partition coefficient (Wildman–Crippen LogP) is 2.73. The fraction of sp³-hybridized carbons (Fsp3) is 0.280. The Kier molecular flexibility index (Phi) is 7.05. The molecule has 0 spiro atoms. The largest absolute Gasteiger partial charge is 0.347 e. The van der Waals surface area contributed by atoms with E-state index in [0.717, 1.165) is 28.5 Å². The number of hydrogen-bond acceptors (Lipinski definition) is 4. The summed E-state index contributed by atoms with van der Waals surface area (Å²) in [5.74, 6) is -0.363. The average Bonchev–Trinajstić information content (AvgIpc) is 3.37. The molecule has 0 radical (unpaired) electrons. The van der Waals surface area contributed by atoms with Crippen LogP contribution in [0.3, 0.4) is 0 Å². The first kappa shape index (κ1) is 22.9. The van der Waals surface area contributed by atoms with Crippen LogP contribution in [0.15, 0.2) is 88.7 Å². The fourth-order valence-electron chi connectivity index (χ4n) is 4.05. The number of benzene rings is 2. The summed E-state index contributed by atoms with van der Waals surface area (Å²) in [6.07, 6.45) is 3.51. The van der Waals surface area contributed by atoms with Gasteiger partial charge in [-0.05, 0) is 36.5 Å². The number of sulfonamides is 1. The molecule has 3 aromatic rings. The number of pyridine rings is 1. The van der Waals surface area contributed by atoms with Gasteiger partial charge < -0.3 is 9.88 Å². The Morgan fingerprint density at radius 1 is 0.909 bits per heavy atom. The summed E-state index contributed by atoms with van der Waals surface area (Å²) < 4.78 is 28.3. The summed E-state index contributed by atoms with van der Waals surface area (Å²) in [6, 6.07) is 21.7. The topological polar surface area (TPSA) is 88.5 Å². The zero-order valence-electron chi connectivity index (χ0n) is 18.3. The van der Waals surface area contributed by atoms with Crippen molar-refractivity contribution in [1.82, 2.24) is 14.2 Å². The molecule has 7 nitrogen and oxygen atoms in total. The van der Waals surface area contributed by atoms with Gasteiger partial charge in [0.15, 0.2) is 0 Å². The molecule has 1 aliphatic rings. The number of rotatable bonds is 8. The van der Waals surface area contributed by atoms with Crippen LogP contribution < -0.4 is 10.9 Å². The molecule has 2 aromatic carbocycles. The summed E-state index contributed by atoms with van der Waals surface area (Å²) >= 11 is 0. The molecule has 4 rings (SSSR count). The van der Waals surface area contributed by atoms with Gasteiger partial charge in [0.2, 0.25) is 15.9 Å². The predicted molar refractivity (Wildman–Crippen MR) is 126 cm³/mol. The van der Waals surface area contributed by atoms with Gasteiger partial charge in [0, 0.05) is 25.4 Å². The van der Waals surface area contributed by atoms with Crippen molar-refractivity contribution >= 4 is 15.9 Å². The zero-order chi connectivity index (χ0) is 23.3. The van der Waals surface area contributed by atoms with Gasteiger partial charge in [-0.15, -0.1) is 0 Å². The average molecular weight is 466 g/mol. The van der Waals surface area contributed by atoms with E-state index in [1.54, 1.807) is 0 Å². The van der Waals surface area contributed by atoms with Crippen LogP contribution in [0.4, 0.5) is 0 Å². The minimum absolute atomic E-state index is 0.0284. The summed E-state index contributed by atoms with van der Waals surface area (Å²) in [7, 11) is -3.68. The maximum Gasteiger partial charge on any atom is 0.251 e. The van der Waals surface area contributed by atoms with E-state index in [9.17, 15) is 18.0 Å². The van der Waals surface area contributed by atoms with E-state index < -0.39 is 15.6 Å². The molecule has 2 heterocycles. The van der Waals surface area contributed by atoms with E-state index in [-0.39, 0.29) is 23.4 Å². The molecule has 0 saturated carbocycles. The SMILES string of the molecule is O=C(Cn1cc(S(=O)(=O)N2CCCC2)ccc1=O)N[C@@H](Cc1ccccc1)c1ccccc1. The van der Waals surface area contributed by atoms with Crippen molar-refractivity contribution in [3.63, 3.8) is 0 Å². The van der Waals surface area contributed by atoms with Crippen molar-refractivity contribution in [2.45, 2.75) is 36.7 Å². The number of nitrogens with one attached hydrogen (secondary N) is 1. The summed E-state index contributed by atoms with van der Waals surface area (Å²) in [5.41, 5.74) is 1.60. The van der Waals surface area contributed by atoms with Gasteiger partial charge in [-0.2, -0.15) is 4.31 Å². The highest BCUT2D eigenvalue weighted by atomic mass is 32.2. The summed E-state index contributed by atoms with van der Waals surface area (Å²) in [5, 5.41) is 3.01. The second-order valence-electron chi connectivity index (χ2n) is 8.16. The van der Waals surface area contributed by atoms with Gasteiger partial charge >= 0.3 is 0 Å². The molecular weight excluding hydrogens is 438 g/mol. The van der Waals surface area contributed by atoms with Gasteiger partial charge in [0.05, 0.1) is 10.9 Å². The maximum absolute atomic E-state index is 12.9. The Bertz CT molecular complexity index is 1250. The van der Waals surface area contributed by atoms with Crippen molar-refractivity contribution in [3.05, 3.63) is 100 Å². The Morgan fingerprint density at radius 2 is 1.55 bits per heavy atom. The highest BCUT2D eigenvalue weighted by Crippen LogP contribution is 2.20. The Morgan fingerprint density at radius 3 is 2.21 bits per heavy atom. The lowest BCUT2D eigenvalue weighted by Gasteiger charge is -2.20. The Labute approximate surface area is 193 Å². The number of aromatic nitrogens is 1. The van der Waals surface area contributed by atoms with Crippen LogP contribution in [0.1, 0.15) is 30.0 Å². The smallest absolute Gasteiger partial charge is 0.251 e. The van der Waals surface area contributed by atoms with Gasteiger partial charge in [-0.25, -0.2) is 8.42 Å². The van der Waals surface area contributed by atoms with E-state index in [4.69, 9.17) is 0 Å². The maximum atomic E-state index is 12.9. The molecule has 1 saturated heterocycles. The van der Waals surface area contributed by atoms with Crippen LogP contribution in [-0.2, 0) is 27.8 Å². The highest BCUT2D eigenvalue weighted by molar-refractivity contribution is 7.89. The third kappa shape index (κ3) is 5.58. The number of carbonyl (C=O) groups excluding carboxylic acids is 1. The van der Waals surface area contributed by atoms with E-state index in [1.807, 2.05) is 60.7 Å². The number of amides is 1. The molecule has 1 N–H and O–H groups in total. The Hall–Kier alpha value is -3.23. The van der Waals surface area contributed by atoms with E-state index in [1.165, 1.54) is 22.6 Å². The molecule has 8 heteroatoms. The van der Waals surface area contributed by atoms with Crippen LogP contribution in [-0.4, -0.2) is 36.3 Å². The second-order valence-corrected chi connectivity index (χ2v) is 10.1. The lowest BCUT2D eigenvalue weighted by molar-refractivity contribution is -0.122. The first-order valence-corrected chi connectivity index (χ1v) is 12.5. The molecule has 0 unspecified atom stereocenters. The standard InChI is InChI=1S/C25H27N3O4S/c29-24(26-23(21-11-5-2-6-12-21)17-20-9-3-1-4-10-20)19-27-18-22(13-14-25(27)30)33(31,32)28-15-7-8-16-28/h1-6,9-14,18,23H,7-8,15-17,19H2,(H,26,29)/t23-/m0/s1. The first-order chi connectivity index (χ1) is 15.9. The molecular formula is C25H27N3O4S. The summed E-state index contributed by atoms with van der Waals surface area (Å²) in [4.78, 5) is 25.3. The lowest BCUT2D eigenvalue weighted by Crippen LogP contribution is -2.36. The number of hydrogen-bond donors (Lipinski definition) is 1. The van der Waals surface area contributed by atoms with Gasteiger partial charge in [0.1, 0.15) is 6.54 Å². The molecule has 172 valence electrons. The van der Waals surface area contributed by atoms with E-state index in [2.05, 4.69) is 5.32 Å². The summed E-state index contributed by atoms with van der Waals surface area (Å²) in [6.45, 7) is 0.681. The van der Waals surface area contributed by atoms with Crippen LogP contribution in [0, 0.1) is 0 Å². The monoisotopic (exact) mass is 465 g/mol. The molecule has 1 aliphatic heterocycles. The number of nitrogens with zero attached hydrogens (tertiary/aromatic N) is 2. The van der Waals surface area contributed by atoms with Crippen LogP contribution in [0.25, 0.3) is 0 Å². The molecule has 33 heavy (non-hydrogen) atoms. The normalized spacial score (nSPS) is 15.3. The molecule has 1 fully saturated rings. The molecule has 0 bridgehead atoms. The van der Waals surface area contributed by atoms with Crippen molar-refractivity contribution in [2.75, 3.05) is 13.1 Å². The van der Waals surface area contributed by atoms with Gasteiger partial charge in [-0.3, -0.25) is 9.59 Å². The highest BCUT2D eigenvalue weighted by Gasteiger charge is 2.28. The lowest BCUT2D eigenvalue weighted by atomic mass is 9.99. The number of carbonyl (C=O) groups is 1. The van der Waals surface area contributed by atoms with Crippen molar-refractivity contribution < 1.29 is 13.2 Å². The fourth-order valence-corrected chi connectivity index (χ4v) is 5.58. The minimum atomic E-state index is -3.68. The van der Waals surface area contributed by atoms with Crippen LogP contribution in [0.5, 0.6) is 0 Å². The Balaban J connectivity index is 1.53. The van der Waals surface area contributed by atoms with E-state index in [0.29, 0.717) is 19.5 Å². The van der Waals surface area contributed by atoms with Crippen molar-refractivity contribution in [3.8, 4) is 0 Å². The van der Waals surface area contributed by atoms with Crippen molar-refractivity contribution in [1.29, 1.82) is 0 Å². The van der Waals surface area contributed by atoms with Crippen LogP contribution >= 0.6 is 0 Å². The molecule has 1 atom stereocenters. The van der Waals surface area contributed by atoms with Crippen molar-refractivity contribution in [2.24, 2.45) is 0 Å². The van der Waals surface area contributed by atoms with E-state index >= 15 is 0 Å². The first-order valence-electron chi connectivity index (χ1n) is 11.0. The van der Waals surface area contributed by atoms with Gasteiger partial charge in [-0.1, -0.05) is 60.7 Å². The molecule has 1 aromatic heterocycles. The second kappa shape index (κ2) is 10.1. The van der Waals surface area contributed by atoms with Crippen LogP contribution in [0.2, 0.25) is 0 Å². The van der Waals surface area contributed by atoms with Gasteiger partial charge in [0.25, 0.3) is 5.56 Å². The zero-order valence-corrected chi connectivity index (χ0v) is 19.1. The third-order valence-electron chi connectivity index (χ3n) is 5.79. The third-order valence-corrected chi connectivity index (χ3v) is 7.68. The molecule has 1 amide bonds. The quantitative estimate of drug-likeness (QED) is 0.554.